The smallest absolute Gasteiger partial charge is 0.245 e. The molecule has 166 valence electrons. The average molecular weight is 445 g/mol. The Hall–Kier alpha value is -2.68. The van der Waals surface area contributed by atoms with Crippen LogP contribution in [-0.2, 0) is 27.3 Å². The van der Waals surface area contributed by atoms with Crippen molar-refractivity contribution in [1.82, 2.24) is 15.2 Å². The van der Waals surface area contributed by atoms with Crippen LogP contribution >= 0.6 is 11.3 Å². The third-order valence-electron chi connectivity index (χ3n) is 5.72. The van der Waals surface area contributed by atoms with Gasteiger partial charge in [-0.3, -0.25) is 14.4 Å². The number of nitrogens with one attached hydrogen (secondary N) is 2. The summed E-state index contributed by atoms with van der Waals surface area (Å²) in [5, 5.41) is 7.76. The highest BCUT2D eigenvalue weighted by Gasteiger charge is 2.37. The van der Waals surface area contributed by atoms with Crippen LogP contribution in [0.3, 0.4) is 0 Å². The second kappa shape index (κ2) is 10.1. The summed E-state index contributed by atoms with van der Waals surface area (Å²) in [6, 6.07) is 3.76. The first-order valence-electron chi connectivity index (χ1n) is 10.9. The SMILES string of the molecule is O=C(Cc1csc(NC(=O)CN(C(=O)C2CCCCC2)C2CC2)n1)NCc1ccco1. The first-order chi connectivity index (χ1) is 15.1. The van der Waals surface area contributed by atoms with Crippen LogP contribution in [-0.4, -0.2) is 40.2 Å². The normalized spacial score (nSPS) is 16.6. The first kappa shape index (κ1) is 21.5. The van der Waals surface area contributed by atoms with Crippen molar-refractivity contribution in [3.8, 4) is 0 Å². The number of aromatic nitrogens is 1. The summed E-state index contributed by atoms with van der Waals surface area (Å²) in [7, 11) is 0. The fraction of sp³-hybridized carbons (Fsp3) is 0.545. The molecule has 2 saturated carbocycles. The average Bonchev–Trinajstić information content (AvgIpc) is 3.30. The van der Waals surface area contributed by atoms with Gasteiger partial charge in [0.25, 0.3) is 0 Å². The van der Waals surface area contributed by atoms with Crippen LogP contribution in [0.25, 0.3) is 0 Å². The quantitative estimate of drug-likeness (QED) is 0.618. The molecule has 31 heavy (non-hydrogen) atoms. The highest BCUT2D eigenvalue weighted by molar-refractivity contribution is 7.13. The minimum atomic E-state index is -0.237. The molecule has 9 heteroatoms. The van der Waals surface area contributed by atoms with Gasteiger partial charge in [-0.15, -0.1) is 11.3 Å². The molecule has 0 spiro atoms. The molecule has 0 radical (unpaired) electrons. The molecule has 3 amide bonds. The van der Waals surface area contributed by atoms with E-state index in [9.17, 15) is 14.4 Å². The summed E-state index contributed by atoms with van der Waals surface area (Å²) in [4.78, 5) is 43.7. The van der Waals surface area contributed by atoms with Crippen molar-refractivity contribution >= 4 is 34.2 Å². The summed E-state index contributed by atoms with van der Waals surface area (Å²) in [5.74, 6) is 0.470. The van der Waals surface area contributed by atoms with Gasteiger partial charge in [0.05, 0.1) is 24.9 Å². The number of amides is 3. The second-order valence-electron chi connectivity index (χ2n) is 8.26. The lowest BCUT2D eigenvalue weighted by Crippen LogP contribution is -2.43. The Kier molecular flexibility index (Phi) is 7.01. The fourth-order valence-electron chi connectivity index (χ4n) is 3.94. The van der Waals surface area contributed by atoms with Gasteiger partial charge in [0.2, 0.25) is 17.7 Å². The third kappa shape index (κ3) is 6.16. The lowest BCUT2D eigenvalue weighted by atomic mass is 9.88. The molecule has 4 rings (SSSR count). The Morgan fingerprint density at radius 1 is 1.13 bits per heavy atom. The van der Waals surface area contributed by atoms with Crippen molar-refractivity contribution < 1.29 is 18.8 Å². The lowest BCUT2D eigenvalue weighted by Gasteiger charge is -2.28. The number of nitrogens with zero attached hydrogens (tertiary/aromatic N) is 2. The van der Waals surface area contributed by atoms with Crippen molar-refractivity contribution in [3.63, 3.8) is 0 Å². The summed E-state index contributed by atoms with van der Waals surface area (Å²) >= 11 is 1.28. The fourth-order valence-corrected chi connectivity index (χ4v) is 4.67. The summed E-state index contributed by atoms with van der Waals surface area (Å²) in [5.41, 5.74) is 0.592. The summed E-state index contributed by atoms with van der Waals surface area (Å²) < 4.78 is 5.19. The van der Waals surface area contributed by atoms with Crippen LogP contribution < -0.4 is 10.6 Å². The Labute approximate surface area is 185 Å². The number of thiazole rings is 1. The van der Waals surface area contributed by atoms with Gasteiger partial charge >= 0.3 is 0 Å². The largest absolute Gasteiger partial charge is 0.467 e. The predicted molar refractivity (Wildman–Crippen MR) is 116 cm³/mol. The molecular formula is C22H28N4O4S. The van der Waals surface area contributed by atoms with Gasteiger partial charge < -0.3 is 20.0 Å². The van der Waals surface area contributed by atoms with Crippen LogP contribution in [0.15, 0.2) is 28.2 Å². The van der Waals surface area contributed by atoms with Gasteiger partial charge in [0.15, 0.2) is 5.13 Å². The number of anilines is 1. The van der Waals surface area contributed by atoms with E-state index in [1.165, 1.54) is 17.8 Å². The molecule has 2 aromatic heterocycles. The van der Waals surface area contributed by atoms with Crippen LogP contribution in [0.2, 0.25) is 0 Å². The first-order valence-corrected chi connectivity index (χ1v) is 11.8. The van der Waals surface area contributed by atoms with Crippen molar-refractivity contribution in [2.24, 2.45) is 5.92 Å². The van der Waals surface area contributed by atoms with Gasteiger partial charge in [-0.05, 0) is 37.8 Å². The Morgan fingerprint density at radius 2 is 1.94 bits per heavy atom. The zero-order chi connectivity index (χ0) is 21.6. The monoisotopic (exact) mass is 444 g/mol. The maximum absolute atomic E-state index is 12.9. The zero-order valence-corrected chi connectivity index (χ0v) is 18.3. The molecule has 2 fully saturated rings. The molecule has 0 unspecified atom stereocenters. The van der Waals surface area contributed by atoms with E-state index in [-0.39, 0.29) is 42.6 Å². The maximum atomic E-state index is 12.9. The molecule has 2 aliphatic carbocycles. The highest BCUT2D eigenvalue weighted by Crippen LogP contribution is 2.32. The number of carbonyl (C=O) groups excluding carboxylic acids is 3. The Bertz CT molecular complexity index is 901. The van der Waals surface area contributed by atoms with E-state index < -0.39 is 0 Å². The molecule has 2 aliphatic rings. The van der Waals surface area contributed by atoms with Gasteiger partial charge in [-0.25, -0.2) is 4.98 Å². The van der Waals surface area contributed by atoms with E-state index in [4.69, 9.17) is 4.42 Å². The molecule has 0 aliphatic heterocycles. The van der Waals surface area contributed by atoms with E-state index in [1.54, 1.807) is 28.7 Å². The third-order valence-corrected chi connectivity index (χ3v) is 6.53. The van der Waals surface area contributed by atoms with E-state index in [0.717, 1.165) is 38.5 Å². The number of hydrogen-bond donors (Lipinski definition) is 2. The maximum Gasteiger partial charge on any atom is 0.245 e. The van der Waals surface area contributed by atoms with Crippen LogP contribution in [0.4, 0.5) is 5.13 Å². The van der Waals surface area contributed by atoms with Crippen LogP contribution in [0.1, 0.15) is 56.4 Å². The minimum absolute atomic E-state index is 0.0632. The topological polar surface area (TPSA) is 105 Å². The molecule has 2 aromatic rings. The predicted octanol–water partition coefficient (Wildman–Crippen LogP) is 3.10. The van der Waals surface area contributed by atoms with Crippen molar-refractivity contribution in [2.45, 2.75) is 64.0 Å². The van der Waals surface area contributed by atoms with Gasteiger partial charge in [0, 0.05) is 17.3 Å². The summed E-state index contributed by atoms with van der Waals surface area (Å²) in [6.07, 6.45) is 8.88. The molecule has 0 aromatic carbocycles. The van der Waals surface area contributed by atoms with Crippen molar-refractivity contribution in [2.75, 3.05) is 11.9 Å². The Morgan fingerprint density at radius 3 is 2.65 bits per heavy atom. The van der Waals surface area contributed by atoms with Crippen LogP contribution in [0.5, 0.6) is 0 Å². The van der Waals surface area contributed by atoms with Crippen molar-refractivity contribution in [1.29, 1.82) is 0 Å². The van der Waals surface area contributed by atoms with E-state index in [0.29, 0.717) is 23.1 Å². The Balaban J connectivity index is 1.25. The summed E-state index contributed by atoms with van der Waals surface area (Å²) in [6.45, 7) is 0.393. The van der Waals surface area contributed by atoms with E-state index >= 15 is 0 Å². The molecule has 0 saturated heterocycles. The lowest BCUT2D eigenvalue weighted by molar-refractivity contribution is -0.139. The molecule has 2 heterocycles. The highest BCUT2D eigenvalue weighted by atomic mass is 32.1. The number of hydrogen-bond acceptors (Lipinski definition) is 6. The number of furan rings is 1. The molecule has 8 nitrogen and oxygen atoms in total. The van der Waals surface area contributed by atoms with Gasteiger partial charge in [-0.2, -0.15) is 0 Å². The second-order valence-corrected chi connectivity index (χ2v) is 9.12. The molecular weight excluding hydrogens is 416 g/mol. The van der Waals surface area contributed by atoms with Gasteiger partial charge in [-0.1, -0.05) is 19.3 Å². The molecule has 0 bridgehead atoms. The number of carbonyl (C=O) groups is 3. The molecule has 2 N–H and O–H groups in total. The minimum Gasteiger partial charge on any atom is -0.467 e. The molecule has 0 atom stereocenters. The van der Waals surface area contributed by atoms with E-state index in [1.807, 2.05) is 0 Å². The zero-order valence-electron chi connectivity index (χ0n) is 17.5. The number of rotatable bonds is 9. The van der Waals surface area contributed by atoms with Crippen LogP contribution in [0, 0.1) is 5.92 Å². The standard InChI is InChI=1S/C22H28N4O4S/c27-19(23-12-18-7-4-10-30-18)11-16-14-31-22(24-16)25-20(28)13-26(17-8-9-17)21(29)15-5-2-1-3-6-15/h4,7,10,14-15,17H,1-3,5-6,8-9,11-13H2,(H,23,27)(H,24,25,28). The van der Waals surface area contributed by atoms with E-state index in [2.05, 4.69) is 15.6 Å². The van der Waals surface area contributed by atoms with Crippen molar-refractivity contribution in [3.05, 3.63) is 35.2 Å². The van der Waals surface area contributed by atoms with Gasteiger partial charge in [0.1, 0.15) is 12.3 Å².